The Hall–Kier alpha value is -1.36. The fraction of sp³-hybridized carbons (Fsp3) is 0.733. The molecular weight excluding hydrogens is 250 g/mol. The molecule has 0 radical (unpaired) electrons. The first-order valence-electron chi connectivity index (χ1n) is 7.62. The summed E-state index contributed by atoms with van der Waals surface area (Å²) >= 11 is 0. The Labute approximate surface area is 123 Å². The predicted molar refractivity (Wildman–Crippen MR) is 86.4 cm³/mol. The molecule has 0 aliphatic rings. The molecule has 2 N–H and O–H groups in total. The fourth-order valence-corrected chi connectivity index (χ4v) is 1.71. The molecule has 0 aromatic carbocycles. The van der Waals surface area contributed by atoms with Gasteiger partial charge in [0, 0.05) is 38.2 Å². The standard InChI is InChI=1S/C15H29N5/c1-6-8-16-14-11-15(19-13(7-2)18-14)17-9-10-20(5)12(3)4/h11-12H,6-10H2,1-5H3,(H2,16,17,18,19). The summed E-state index contributed by atoms with van der Waals surface area (Å²) in [4.78, 5) is 11.3. The Morgan fingerprint density at radius 2 is 1.70 bits per heavy atom. The van der Waals surface area contributed by atoms with Gasteiger partial charge in [0.2, 0.25) is 0 Å². The number of anilines is 2. The minimum atomic E-state index is 0.565. The highest BCUT2D eigenvalue weighted by Gasteiger charge is 2.05. The van der Waals surface area contributed by atoms with Crippen LogP contribution in [0.15, 0.2) is 6.07 Å². The van der Waals surface area contributed by atoms with Gasteiger partial charge in [0.05, 0.1) is 0 Å². The van der Waals surface area contributed by atoms with Crippen LogP contribution in [0.1, 0.15) is 39.9 Å². The zero-order valence-electron chi connectivity index (χ0n) is 13.5. The molecule has 1 aromatic rings. The molecule has 0 unspecified atom stereocenters. The monoisotopic (exact) mass is 279 g/mol. The van der Waals surface area contributed by atoms with Crippen LogP contribution in [0.5, 0.6) is 0 Å². The smallest absolute Gasteiger partial charge is 0.132 e. The Balaban J connectivity index is 2.59. The van der Waals surface area contributed by atoms with Crippen molar-refractivity contribution in [2.45, 2.75) is 46.6 Å². The largest absolute Gasteiger partial charge is 0.370 e. The lowest BCUT2D eigenvalue weighted by Crippen LogP contribution is -2.31. The second-order valence-corrected chi connectivity index (χ2v) is 5.34. The van der Waals surface area contributed by atoms with E-state index in [1.54, 1.807) is 0 Å². The SMILES string of the molecule is CCCNc1cc(NCCN(C)C(C)C)nc(CC)n1. The summed E-state index contributed by atoms with van der Waals surface area (Å²) in [6, 6.07) is 2.56. The van der Waals surface area contributed by atoms with E-state index < -0.39 is 0 Å². The number of nitrogens with zero attached hydrogens (tertiary/aromatic N) is 3. The quantitative estimate of drug-likeness (QED) is 0.728. The highest BCUT2D eigenvalue weighted by molar-refractivity contribution is 5.47. The third-order valence-corrected chi connectivity index (χ3v) is 3.30. The normalized spacial score (nSPS) is 11.2. The molecule has 0 aliphatic heterocycles. The maximum atomic E-state index is 4.52. The van der Waals surface area contributed by atoms with E-state index in [0.717, 1.165) is 49.9 Å². The number of rotatable bonds is 9. The number of aromatic nitrogens is 2. The molecule has 0 fully saturated rings. The van der Waals surface area contributed by atoms with Gasteiger partial charge in [0.25, 0.3) is 0 Å². The van der Waals surface area contributed by atoms with Crippen molar-refractivity contribution in [3.63, 3.8) is 0 Å². The Kier molecular flexibility index (Phi) is 7.30. The van der Waals surface area contributed by atoms with E-state index in [1.165, 1.54) is 0 Å². The van der Waals surface area contributed by atoms with Gasteiger partial charge in [-0.2, -0.15) is 0 Å². The van der Waals surface area contributed by atoms with E-state index in [0.29, 0.717) is 6.04 Å². The van der Waals surface area contributed by atoms with E-state index in [2.05, 4.69) is 60.2 Å². The van der Waals surface area contributed by atoms with Gasteiger partial charge in [0.1, 0.15) is 17.5 Å². The van der Waals surface area contributed by atoms with Crippen molar-refractivity contribution in [3.8, 4) is 0 Å². The van der Waals surface area contributed by atoms with Crippen molar-refractivity contribution in [2.24, 2.45) is 0 Å². The van der Waals surface area contributed by atoms with Gasteiger partial charge in [0.15, 0.2) is 0 Å². The first kappa shape index (κ1) is 16.7. The van der Waals surface area contributed by atoms with Crippen LogP contribution in [-0.4, -0.2) is 47.6 Å². The second-order valence-electron chi connectivity index (χ2n) is 5.34. The van der Waals surface area contributed by atoms with Crippen LogP contribution in [0.2, 0.25) is 0 Å². The lowest BCUT2D eigenvalue weighted by molar-refractivity contribution is 0.284. The molecule has 0 amide bonds. The van der Waals surface area contributed by atoms with Crippen molar-refractivity contribution in [1.82, 2.24) is 14.9 Å². The van der Waals surface area contributed by atoms with Crippen LogP contribution >= 0.6 is 0 Å². The molecule has 114 valence electrons. The molecule has 1 heterocycles. The molecule has 0 aliphatic carbocycles. The Morgan fingerprint density at radius 1 is 1.10 bits per heavy atom. The number of aryl methyl sites for hydroxylation is 1. The molecule has 1 aromatic heterocycles. The number of likely N-dealkylation sites (N-methyl/N-ethyl adjacent to an activating group) is 1. The fourth-order valence-electron chi connectivity index (χ4n) is 1.71. The highest BCUT2D eigenvalue weighted by atomic mass is 15.1. The Morgan fingerprint density at radius 3 is 2.20 bits per heavy atom. The maximum Gasteiger partial charge on any atom is 0.132 e. The Bertz CT molecular complexity index is 392. The summed E-state index contributed by atoms with van der Waals surface area (Å²) in [6.07, 6.45) is 1.94. The average Bonchev–Trinajstić information content (AvgIpc) is 2.44. The van der Waals surface area contributed by atoms with Crippen molar-refractivity contribution < 1.29 is 0 Å². The van der Waals surface area contributed by atoms with E-state index in [-0.39, 0.29) is 0 Å². The highest BCUT2D eigenvalue weighted by Crippen LogP contribution is 2.11. The molecule has 5 heteroatoms. The van der Waals surface area contributed by atoms with Crippen LogP contribution in [0.25, 0.3) is 0 Å². The molecular formula is C15H29N5. The summed E-state index contributed by atoms with van der Waals surface area (Å²) in [6.45, 7) is 11.5. The minimum Gasteiger partial charge on any atom is -0.370 e. The molecule has 1 rings (SSSR count). The topological polar surface area (TPSA) is 53.1 Å². The van der Waals surface area contributed by atoms with Gasteiger partial charge in [-0.3, -0.25) is 0 Å². The van der Waals surface area contributed by atoms with Gasteiger partial charge < -0.3 is 15.5 Å². The predicted octanol–water partition coefficient (Wildman–Crippen LogP) is 2.61. The summed E-state index contributed by atoms with van der Waals surface area (Å²) in [5.74, 6) is 2.71. The summed E-state index contributed by atoms with van der Waals surface area (Å²) in [7, 11) is 2.14. The van der Waals surface area contributed by atoms with Crippen molar-refractivity contribution in [1.29, 1.82) is 0 Å². The number of hydrogen-bond donors (Lipinski definition) is 2. The van der Waals surface area contributed by atoms with E-state index in [9.17, 15) is 0 Å². The van der Waals surface area contributed by atoms with Gasteiger partial charge in [-0.25, -0.2) is 9.97 Å². The third-order valence-electron chi connectivity index (χ3n) is 3.30. The van der Waals surface area contributed by atoms with Crippen LogP contribution in [0, 0.1) is 0 Å². The zero-order valence-corrected chi connectivity index (χ0v) is 13.5. The molecule has 0 saturated heterocycles. The summed E-state index contributed by atoms with van der Waals surface area (Å²) < 4.78 is 0. The van der Waals surface area contributed by atoms with E-state index in [4.69, 9.17) is 0 Å². The van der Waals surface area contributed by atoms with E-state index in [1.807, 2.05) is 6.07 Å². The van der Waals surface area contributed by atoms with E-state index >= 15 is 0 Å². The lowest BCUT2D eigenvalue weighted by atomic mass is 10.3. The molecule has 0 atom stereocenters. The van der Waals surface area contributed by atoms with Gasteiger partial charge in [-0.05, 0) is 27.3 Å². The van der Waals surface area contributed by atoms with Crippen molar-refractivity contribution >= 4 is 11.6 Å². The van der Waals surface area contributed by atoms with Crippen LogP contribution in [0.3, 0.4) is 0 Å². The number of hydrogen-bond acceptors (Lipinski definition) is 5. The van der Waals surface area contributed by atoms with Gasteiger partial charge in [-0.15, -0.1) is 0 Å². The maximum absolute atomic E-state index is 4.52. The van der Waals surface area contributed by atoms with Crippen LogP contribution in [0.4, 0.5) is 11.6 Å². The second kappa shape index (κ2) is 8.74. The first-order valence-corrected chi connectivity index (χ1v) is 7.62. The van der Waals surface area contributed by atoms with Crippen LogP contribution in [-0.2, 0) is 6.42 Å². The lowest BCUT2D eigenvalue weighted by Gasteiger charge is -2.21. The number of nitrogens with one attached hydrogen (secondary N) is 2. The summed E-state index contributed by atoms with van der Waals surface area (Å²) in [5.41, 5.74) is 0. The third kappa shape index (κ3) is 5.74. The van der Waals surface area contributed by atoms with Crippen LogP contribution < -0.4 is 10.6 Å². The molecule has 0 bridgehead atoms. The first-order chi connectivity index (χ1) is 9.56. The molecule has 20 heavy (non-hydrogen) atoms. The molecule has 0 spiro atoms. The van der Waals surface area contributed by atoms with Crippen molar-refractivity contribution in [2.75, 3.05) is 37.3 Å². The zero-order chi connectivity index (χ0) is 15.0. The van der Waals surface area contributed by atoms with Gasteiger partial charge >= 0.3 is 0 Å². The molecule has 0 saturated carbocycles. The van der Waals surface area contributed by atoms with Crippen molar-refractivity contribution in [3.05, 3.63) is 11.9 Å². The average molecular weight is 279 g/mol. The molecule has 5 nitrogen and oxygen atoms in total. The minimum absolute atomic E-state index is 0.565. The summed E-state index contributed by atoms with van der Waals surface area (Å²) in [5, 5.41) is 6.71. The van der Waals surface area contributed by atoms with Gasteiger partial charge in [-0.1, -0.05) is 13.8 Å².